The molecule has 2 aliphatic rings. The van der Waals surface area contributed by atoms with Gasteiger partial charge in [0.2, 0.25) is 0 Å². The van der Waals surface area contributed by atoms with Crippen molar-refractivity contribution in [3.63, 3.8) is 0 Å². The van der Waals surface area contributed by atoms with Crippen molar-refractivity contribution in [1.82, 2.24) is 0 Å². The second-order valence-corrected chi connectivity index (χ2v) is 6.51. The van der Waals surface area contributed by atoms with E-state index in [1.54, 1.807) is 4.90 Å². The minimum atomic E-state index is -0.0795. The molecule has 0 saturated carbocycles. The number of hydrogen-bond donors (Lipinski definition) is 1. The average molecular weight is 288 g/mol. The van der Waals surface area contributed by atoms with Crippen molar-refractivity contribution in [2.45, 2.75) is 44.6 Å². The van der Waals surface area contributed by atoms with Gasteiger partial charge in [-0.1, -0.05) is 30.3 Å². The van der Waals surface area contributed by atoms with Gasteiger partial charge in [0.1, 0.15) is 0 Å². The number of ether oxygens (including phenoxy) is 1. The summed E-state index contributed by atoms with van der Waals surface area (Å²) in [4.78, 5) is 13.7. The van der Waals surface area contributed by atoms with Crippen LogP contribution in [-0.4, -0.2) is 31.7 Å². The number of esters is 1. The van der Waals surface area contributed by atoms with Crippen molar-refractivity contribution in [2.24, 2.45) is 5.92 Å². The highest BCUT2D eigenvalue weighted by Crippen LogP contribution is 2.20. The lowest BCUT2D eigenvalue weighted by molar-refractivity contribution is -0.940. The molecule has 3 heteroatoms. The zero-order chi connectivity index (χ0) is 14.5. The Bertz CT molecular complexity index is 458. The molecule has 1 aromatic carbocycles. The maximum atomic E-state index is 12.0. The number of benzene rings is 1. The predicted molar refractivity (Wildman–Crippen MR) is 82.2 cm³/mol. The van der Waals surface area contributed by atoms with Gasteiger partial charge in [0, 0.05) is 5.92 Å². The van der Waals surface area contributed by atoms with Crippen molar-refractivity contribution in [3.8, 4) is 0 Å². The summed E-state index contributed by atoms with van der Waals surface area (Å²) in [6, 6.07) is 10.6. The number of fused-ring (bicyclic) bond motifs is 1. The Morgan fingerprint density at radius 1 is 1.10 bits per heavy atom. The van der Waals surface area contributed by atoms with Crippen LogP contribution in [0, 0.1) is 5.92 Å². The van der Waals surface area contributed by atoms with Gasteiger partial charge in [-0.15, -0.1) is 0 Å². The van der Waals surface area contributed by atoms with Gasteiger partial charge in [-0.3, -0.25) is 4.79 Å². The minimum Gasteiger partial charge on any atom is -0.465 e. The van der Waals surface area contributed by atoms with E-state index in [1.165, 1.54) is 45.2 Å². The van der Waals surface area contributed by atoms with E-state index in [2.05, 4.69) is 0 Å². The maximum absolute atomic E-state index is 12.0. The van der Waals surface area contributed by atoms with Gasteiger partial charge in [-0.2, -0.15) is 0 Å². The van der Waals surface area contributed by atoms with E-state index < -0.39 is 0 Å². The van der Waals surface area contributed by atoms with Crippen molar-refractivity contribution < 1.29 is 14.4 Å². The van der Waals surface area contributed by atoms with Crippen LogP contribution in [0.4, 0.5) is 0 Å². The molecule has 114 valence electrons. The molecule has 0 aliphatic carbocycles. The molecule has 0 aromatic heterocycles. The molecule has 2 saturated heterocycles. The third kappa shape index (κ3) is 3.85. The molecule has 3 nitrogen and oxygen atoms in total. The van der Waals surface area contributed by atoms with Crippen LogP contribution < -0.4 is 4.90 Å². The van der Waals surface area contributed by atoms with Gasteiger partial charge in [-0.25, -0.2) is 0 Å². The van der Waals surface area contributed by atoms with Crippen molar-refractivity contribution in [3.05, 3.63) is 35.9 Å². The van der Waals surface area contributed by atoms with Crippen molar-refractivity contribution >= 4 is 5.97 Å². The Kier molecular flexibility index (Phi) is 4.91. The van der Waals surface area contributed by atoms with Gasteiger partial charge >= 0.3 is 5.97 Å². The molecular formula is C18H26NO2+. The lowest BCUT2D eigenvalue weighted by Gasteiger charge is -2.41. The molecule has 0 amide bonds. The van der Waals surface area contributed by atoms with Crippen LogP contribution in [0.3, 0.4) is 0 Å². The molecule has 2 fully saturated rings. The van der Waals surface area contributed by atoms with E-state index in [0.29, 0.717) is 18.9 Å². The Morgan fingerprint density at radius 2 is 1.90 bits per heavy atom. The second kappa shape index (κ2) is 7.08. The fraction of sp³-hybridized carbons (Fsp3) is 0.611. The summed E-state index contributed by atoms with van der Waals surface area (Å²) >= 11 is 0. The lowest BCUT2D eigenvalue weighted by Crippen LogP contribution is -3.18. The smallest absolute Gasteiger partial charge is 0.310 e. The largest absolute Gasteiger partial charge is 0.465 e. The van der Waals surface area contributed by atoms with E-state index in [-0.39, 0.29) is 5.97 Å². The SMILES string of the molecule is O=C(Cc1ccccc1)OC[C@@H]1CCC[NH+]2CCCC[C@H]12. The van der Waals surface area contributed by atoms with Crippen LogP contribution in [0.2, 0.25) is 0 Å². The molecule has 0 radical (unpaired) electrons. The molecule has 2 aliphatic heterocycles. The highest BCUT2D eigenvalue weighted by atomic mass is 16.5. The number of carbonyl (C=O) groups excluding carboxylic acids is 1. The van der Waals surface area contributed by atoms with Crippen molar-refractivity contribution in [2.75, 3.05) is 19.7 Å². The van der Waals surface area contributed by atoms with Gasteiger partial charge in [0.05, 0.1) is 32.2 Å². The molecule has 0 bridgehead atoms. The quantitative estimate of drug-likeness (QED) is 0.854. The first-order valence-electron chi connectivity index (χ1n) is 8.37. The second-order valence-electron chi connectivity index (χ2n) is 6.51. The Hall–Kier alpha value is -1.35. The summed E-state index contributed by atoms with van der Waals surface area (Å²) < 4.78 is 5.58. The zero-order valence-electron chi connectivity index (χ0n) is 12.7. The first-order chi connectivity index (χ1) is 10.3. The Morgan fingerprint density at radius 3 is 2.76 bits per heavy atom. The van der Waals surface area contributed by atoms with Crippen LogP contribution in [0.25, 0.3) is 0 Å². The minimum absolute atomic E-state index is 0.0795. The number of nitrogens with one attached hydrogen (secondary N) is 1. The lowest BCUT2D eigenvalue weighted by atomic mass is 9.84. The predicted octanol–water partition coefficient (Wildman–Crippen LogP) is 1.62. The van der Waals surface area contributed by atoms with Gasteiger partial charge in [-0.05, 0) is 37.7 Å². The van der Waals surface area contributed by atoms with Gasteiger partial charge in [0.25, 0.3) is 0 Å². The standard InChI is InChI=1S/C18H25NO2/c20-18(13-15-7-2-1-3-8-15)21-14-16-9-6-12-19-11-5-4-10-17(16)19/h1-3,7-8,16-17H,4-6,9-14H2/p+1/t16-,17+/m0/s1. The first-order valence-corrected chi connectivity index (χ1v) is 8.37. The monoisotopic (exact) mass is 288 g/mol. The number of piperidine rings is 2. The molecule has 2 heterocycles. The molecule has 21 heavy (non-hydrogen) atoms. The normalized spacial score (nSPS) is 28.7. The molecule has 1 unspecified atom stereocenters. The summed E-state index contributed by atoms with van der Waals surface area (Å²) in [5, 5.41) is 0. The Labute approximate surface area is 127 Å². The molecular weight excluding hydrogens is 262 g/mol. The highest BCUT2D eigenvalue weighted by molar-refractivity contribution is 5.72. The topological polar surface area (TPSA) is 30.7 Å². The van der Waals surface area contributed by atoms with Crippen molar-refractivity contribution in [1.29, 1.82) is 0 Å². The van der Waals surface area contributed by atoms with E-state index in [1.807, 2.05) is 30.3 Å². The molecule has 1 aromatic rings. The fourth-order valence-corrected chi connectivity index (χ4v) is 3.99. The van der Waals surface area contributed by atoms with E-state index >= 15 is 0 Å². The number of quaternary nitrogens is 1. The fourth-order valence-electron chi connectivity index (χ4n) is 3.99. The third-order valence-corrected chi connectivity index (χ3v) is 5.08. The van der Waals surface area contributed by atoms with Crippen LogP contribution in [0.1, 0.15) is 37.7 Å². The van der Waals surface area contributed by atoms with Crippen LogP contribution >= 0.6 is 0 Å². The number of rotatable bonds is 4. The molecule has 1 N–H and O–H groups in total. The maximum Gasteiger partial charge on any atom is 0.310 e. The van der Waals surface area contributed by atoms with Crippen LogP contribution in [0.5, 0.6) is 0 Å². The van der Waals surface area contributed by atoms with E-state index in [9.17, 15) is 4.79 Å². The molecule has 3 atom stereocenters. The molecule has 0 spiro atoms. The summed E-state index contributed by atoms with van der Waals surface area (Å²) in [5.74, 6) is 0.498. The van der Waals surface area contributed by atoms with E-state index in [4.69, 9.17) is 4.74 Å². The summed E-state index contributed by atoms with van der Waals surface area (Å²) in [7, 11) is 0. The number of carbonyl (C=O) groups is 1. The number of hydrogen-bond acceptors (Lipinski definition) is 2. The van der Waals surface area contributed by atoms with Gasteiger partial charge < -0.3 is 9.64 Å². The first kappa shape index (κ1) is 14.6. The average Bonchev–Trinajstić information content (AvgIpc) is 2.54. The van der Waals surface area contributed by atoms with Crippen LogP contribution in [0.15, 0.2) is 30.3 Å². The Balaban J connectivity index is 1.48. The highest BCUT2D eigenvalue weighted by Gasteiger charge is 2.37. The summed E-state index contributed by atoms with van der Waals surface area (Å²) in [5.41, 5.74) is 1.04. The summed E-state index contributed by atoms with van der Waals surface area (Å²) in [6.45, 7) is 3.26. The van der Waals surface area contributed by atoms with E-state index in [0.717, 1.165) is 11.6 Å². The zero-order valence-corrected chi connectivity index (χ0v) is 12.7. The third-order valence-electron chi connectivity index (χ3n) is 5.08. The van der Waals surface area contributed by atoms with Gasteiger partial charge in [0.15, 0.2) is 0 Å². The summed E-state index contributed by atoms with van der Waals surface area (Å²) in [6.07, 6.45) is 6.94. The van der Waals surface area contributed by atoms with Crippen LogP contribution in [-0.2, 0) is 16.0 Å². The molecule has 3 rings (SSSR count).